The molecule has 2 heterocycles. The molecule has 22 heavy (non-hydrogen) atoms. The number of hydrogen-bond acceptors (Lipinski definition) is 6. The van der Waals surface area contributed by atoms with Crippen LogP contribution in [0.2, 0.25) is 0 Å². The Balaban J connectivity index is 1.90. The van der Waals surface area contributed by atoms with Crippen molar-refractivity contribution in [3.8, 4) is 0 Å². The van der Waals surface area contributed by atoms with Crippen LogP contribution < -0.4 is 16.2 Å². The molecule has 2 saturated heterocycles. The SMILES string of the molecule is CC(C)NN1CCN(C(C)(C)NN2CCNC(=O)C2)CC1=O. The Morgan fingerprint density at radius 1 is 1.14 bits per heavy atom. The topological polar surface area (TPSA) is 80.0 Å². The number of piperazine rings is 2. The monoisotopic (exact) mass is 312 g/mol. The fourth-order valence-electron chi connectivity index (χ4n) is 2.79. The average molecular weight is 312 g/mol. The van der Waals surface area contributed by atoms with Gasteiger partial charge in [0.25, 0.3) is 5.91 Å². The predicted molar refractivity (Wildman–Crippen MR) is 83.4 cm³/mol. The largest absolute Gasteiger partial charge is 0.354 e. The van der Waals surface area contributed by atoms with Crippen molar-refractivity contribution < 1.29 is 9.59 Å². The fourth-order valence-corrected chi connectivity index (χ4v) is 2.79. The van der Waals surface area contributed by atoms with Crippen molar-refractivity contribution in [2.45, 2.75) is 39.4 Å². The van der Waals surface area contributed by atoms with Crippen LogP contribution in [0.15, 0.2) is 0 Å². The van der Waals surface area contributed by atoms with Crippen molar-refractivity contribution in [1.29, 1.82) is 0 Å². The molecule has 3 N–H and O–H groups in total. The molecule has 2 fully saturated rings. The van der Waals surface area contributed by atoms with E-state index < -0.39 is 0 Å². The summed E-state index contributed by atoms with van der Waals surface area (Å²) in [5.74, 6) is 0.0998. The first-order chi connectivity index (χ1) is 10.3. The third-order valence-electron chi connectivity index (χ3n) is 3.90. The Morgan fingerprint density at radius 2 is 1.86 bits per heavy atom. The molecule has 0 atom stereocenters. The van der Waals surface area contributed by atoms with Gasteiger partial charge in [-0.1, -0.05) is 0 Å². The Bertz CT molecular complexity index is 426. The maximum absolute atomic E-state index is 12.2. The number of carbonyl (C=O) groups is 2. The third kappa shape index (κ3) is 4.39. The number of rotatable bonds is 5. The molecular formula is C14H28N6O2. The Morgan fingerprint density at radius 3 is 2.45 bits per heavy atom. The van der Waals surface area contributed by atoms with Gasteiger partial charge in [-0.3, -0.25) is 19.5 Å². The number of amides is 2. The molecule has 0 spiro atoms. The van der Waals surface area contributed by atoms with Gasteiger partial charge >= 0.3 is 0 Å². The molecule has 0 aromatic carbocycles. The molecule has 2 rings (SSSR count). The Labute approximate surface area is 132 Å². The minimum absolute atomic E-state index is 0.0246. The molecule has 2 aliphatic heterocycles. The van der Waals surface area contributed by atoms with Gasteiger partial charge in [0.05, 0.1) is 25.3 Å². The van der Waals surface area contributed by atoms with Crippen LogP contribution in [0, 0.1) is 0 Å². The van der Waals surface area contributed by atoms with E-state index in [9.17, 15) is 9.59 Å². The van der Waals surface area contributed by atoms with Crippen molar-refractivity contribution >= 4 is 11.8 Å². The molecule has 0 aliphatic carbocycles. The van der Waals surface area contributed by atoms with Crippen LogP contribution in [-0.2, 0) is 9.59 Å². The van der Waals surface area contributed by atoms with E-state index in [0.717, 1.165) is 13.1 Å². The standard InChI is InChI=1S/C14H28N6O2/c1-11(2)16-20-8-7-18(10-13(20)22)14(3,4)17-19-6-5-15-12(21)9-19/h11,16-17H,5-10H2,1-4H3,(H,15,21). The molecule has 0 radical (unpaired) electrons. The summed E-state index contributed by atoms with van der Waals surface area (Å²) in [7, 11) is 0. The number of carbonyl (C=O) groups excluding carboxylic acids is 2. The van der Waals surface area contributed by atoms with E-state index in [1.54, 1.807) is 5.01 Å². The molecular weight excluding hydrogens is 284 g/mol. The molecule has 8 heteroatoms. The minimum Gasteiger partial charge on any atom is -0.354 e. The zero-order chi connectivity index (χ0) is 16.3. The van der Waals surface area contributed by atoms with Gasteiger partial charge < -0.3 is 5.32 Å². The lowest BCUT2D eigenvalue weighted by atomic mass is 10.1. The zero-order valence-electron chi connectivity index (χ0n) is 14.0. The van der Waals surface area contributed by atoms with E-state index in [-0.39, 0.29) is 23.5 Å². The molecule has 8 nitrogen and oxygen atoms in total. The lowest BCUT2D eigenvalue weighted by Gasteiger charge is -2.46. The summed E-state index contributed by atoms with van der Waals surface area (Å²) in [5, 5.41) is 6.42. The summed E-state index contributed by atoms with van der Waals surface area (Å²) < 4.78 is 0. The number of hydrogen-bond donors (Lipinski definition) is 3. The van der Waals surface area contributed by atoms with Crippen molar-refractivity contribution in [3.05, 3.63) is 0 Å². The quantitative estimate of drug-likeness (QED) is 0.587. The van der Waals surface area contributed by atoms with Crippen molar-refractivity contribution in [3.63, 3.8) is 0 Å². The molecule has 0 aromatic heterocycles. The van der Waals surface area contributed by atoms with Gasteiger partial charge in [-0.25, -0.2) is 15.9 Å². The Hall–Kier alpha value is -1.22. The van der Waals surface area contributed by atoms with Crippen molar-refractivity contribution in [2.75, 3.05) is 39.3 Å². The number of nitrogens with one attached hydrogen (secondary N) is 3. The van der Waals surface area contributed by atoms with E-state index in [1.807, 2.05) is 32.7 Å². The maximum Gasteiger partial charge on any atom is 0.250 e. The lowest BCUT2D eigenvalue weighted by Crippen LogP contribution is -2.68. The summed E-state index contributed by atoms with van der Waals surface area (Å²) in [5.41, 5.74) is 6.17. The van der Waals surface area contributed by atoms with Crippen LogP contribution in [0.3, 0.4) is 0 Å². The van der Waals surface area contributed by atoms with Crippen molar-refractivity contribution in [2.24, 2.45) is 0 Å². The van der Waals surface area contributed by atoms with E-state index in [2.05, 4.69) is 21.1 Å². The highest BCUT2D eigenvalue weighted by molar-refractivity contribution is 5.79. The van der Waals surface area contributed by atoms with Gasteiger partial charge in [0.1, 0.15) is 0 Å². The van der Waals surface area contributed by atoms with E-state index >= 15 is 0 Å². The van der Waals surface area contributed by atoms with Crippen LogP contribution in [0.5, 0.6) is 0 Å². The van der Waals surface area contributed by atoms with Crippen LogP contribution in [0.1, 0.15) is 27.7 Å². The average Bonchev–Trinajstić information content (AvgIpc) is 2.40. The van der Waals surface area contributed by atoms with Crippen molar-refractivity contribution in [1.82, 2.24) is 31.1 Å². The summed E-state index contributed by atoms with van der Waals surface area (Å²) in [6, 6.07) is 0.244. The molecule has 126 valence electrons. The van der Waals surface area contributed by atoms with Gasteiger partial charge in [0.15, 0.2) is 0 Å². The zero-order valence-corrected chi connectivity index (χ0v) is 14.0. The summed E-state index contributed by atoms with van der Waals surface area (Å²) in [6.07, 6.45) is 0. The smallest absolute Gasteiger partial charge is 0.250 e. The predicted octanol–water partition coefficient (Wildman–Crippen LogP) is -1.28. The lowest BCUT2D eigenvalue weighted by molar-refractivity contribution is -0.146. The van der Waals surface area contributed by atoms with E-state index in [0.29, 0.717) is 26.2 Å². The molecule has 0 bridgehead atoms. The normalized spacial score (nSPS) is 22.3. The molecule has 0 aromatic rings. The number of hydrazine groups is 2. The highest BCUT2D eigenvalue weighted by Gasteiger charge is 2.35. The highest BCUT2D eigenvalue weighted by Crippen LogP contribution is 2.15. The van der Waals surface area contributed by atoms with E-state index in [4.69, 9.17) is 0 Å². The second kappa shape index (κ2) is 6.91. The van der Waals surface area contributed by atoms with Crippen LogP contribution >= 0.6 is 0 Å². The fraction of sp³-hybridized carbons (Fsp3) is 0.857. The van der Waals surface area contributed by atoms with Gasteiger partial charge in [0, 0.05) is 25.7 Å². The van der Waals surface area contributed by atoms with E-state index in [1.165, 1.54) is 0 Å². The number of nitrogens with zero attached hydrogens (tertiary/aromatic N) is 3. The van der Waals surface area contributed by atoms with Crippen LogP contribution in [-0.4, -0.2) is 77.7 Å². The molecule has 0 unspecified atom stereocenters. The van der Waals surface area contributed by atoms with Gasteiger partial charge in [-0.05, 0) is 27.7 Å². The second-order valence-electron chi connectivity index (χ2n) is 6.69. The first-order valence-corrected chi connectivity index (χ1v) is 7.89. The minimum atomic E-state index is -0.378. The molecule has 0 saturated carbocycles. The van der Waals surface area contributed by atoms with Crippen LogP contribution in [0.25, 0.3) is 0 Å². The maximum atomic E-state index is 12.2. The highest BCUT2D eigenvalue weighted by atomic mass is 16.2. The summed E-state index contributed by atoms with van der Waals surface area (Å²) in [6.45, 7) is 11.7. The molecule has 2 amide bonds. The molecule has 2 aliphatic rings. The second-order valence-corrected chi connectivity index (χ2v) is 6.69. The summed E-state index contributed by atoms with van der Waals surface area (Å²) >= 11 is 0. The van der Waals surface area contributed by atoms with Crippen LogP contribution in [0.4, 0.5) is 0 Å². The first kappa shape index (κ1) is 17.1. The first-order valence-electron chi connectivity index (χ1n) is 7.89. The summed E-state index contributed by atoms with van der Waals surface area (Å²) in [4.78, 5) is 25.8. The third-order valence-corrected chi connectivity index (χ3v) is 3.90. The van der Waals surface area contributed by atoms with Gasteiger partial charge in [0.2, 0.25) is 5.91 Å². The Kier molecular flexibility index (Phi) is 5.38. The van der Waals surface area contributed by atoms with Gasteiger partial charge in [-0.15, -0.1) is 0 Å². The van der Waals surface area contributed by atoms with Gasteiger partial charge in [-0.2, -0.15) is 0 Å².